The number of hydrogen-bond acceptors (Lipinski definition) is 7. The van der Waals surface area contributed by atoms with Gasteiger partial charge in [-0.15, -0.1) is 11.3 Å². The van der Waals surface area contributed by atoms with Gasteiger partial charge in [-0.25, -0.2) is 9.97 Å². The molecule has 0 aliphatic carbocycles. The van der Waals surface area contributed by atoms with Crippen LogP contribution in [0.25, 0.3) is 11.1 Å². The molecule has 1 saturated heterocycles. The first-order chi connectivity index (χ1) is 12.0. The molecule has 1 fully saturated rings. The number of pyridine rings is 1. The Kier molecular flexibility index (Phi) is 3.91. The number of carbonyl (C=O) groups is 1. The van der Waals surface area contributed by atoms with Gasteiger partial charge in [0.25, 0.3) is 11.6 Å². The molecule has 0 bridgehead atoms. The van der Waals surface area contributed by atoms with Crippen LogP contribution in [0.2, 0.25) is 0 Å². The fraction of sp³-hybridized carbons (Fsp3) is 0.412. The standard InChI is InChI=1S/C17H19N5O2S/c1-10-8-13(14-12(3)20-24-15(14)18-10)16(23)21-4-6-22(7-5-21)17-19-11(2)9-25-17/h8-9H,4-7H2,1-3H3. The summed E-state index contributed by atoms with van der Waals surface area (Å²) in [5.74, 6) is 0.0109. The Morgan fingerprint density at radius 1 is 1.12 bits per heavy atom. The van der Waals surface area contributed by atoms with E-state index in [0.29, 0.717) is 35.4 Å². The number of amides is 1. The number of aromatic nitrogens is 3. The highest BCUT2D eigenvalue weighted by atomic mass is 32.1. The molecule has 0 radical (unpaired) electrons. The van der Waals surface area contributed by atoms with Gasteiger partial charge in [-0.05, 0) is 26.8 Å². The highest BCUT2D eigenvalue weighted by Gasteiger charge is 2.26. The maximum absolute atomic E-state index is 13.1. The van der Waals surface area contributed by atoms with E-state index in [0.717, 1.165) is 29.6 Å². The minimum absolute atomic E-state index is 0.0109. The molecule has 3 aromatic rings. The molecule has 25 heavy (non-hydrogen) atoms. The summed E-state index contributed by atoms with van der Waals surface area (Å²) in [6.07, 6.45) is 0. The largest absolute Gasteiger partial charge is 0.345 e. The number of rotatable bonds is 2. The minimum Gasteiger partial charge on any atom is -0.345 e. The highest BCUT2D eigenvalue weighted by molar-refractivity contribution is 7.13. The Morgan fingerprint density at radius 2 is 1.88 bits per heavy atom. The molecule has 0 aromatic carbocycles. The summed E-state index contributed by atoms with van der Waals surface area (Å²) < 4.78 is 5.24. The zero-order valence-electron chi connectivity index (χ0n) is 14.4. The third-order valence-electron chi connectivity index (χ3n) is 4.42. The van der Waals surface area contributed by atoms with Gasteiger partial charge < -0.3 is 14.3 Å². The average Bonchev–Trinajstić information content (AvgIpc) is 3.20. The fourth-order valence-corrected chi connectivity index (χ4v) is 4.00. The Labute approximate surface area is 149 Å². The van der Waals surface area contributed by atoms with Gasteiger partial charge in [0.15, 0.2) is 5.13 Å². The van der Waals surface area contributed by atoms with Crippen molar-refractivity contribution in [3.05, 3.63) is 34.1 Å². The number of nitrogens with zero attached hydrogens (tertiary/aromatic N) is 5. The third kappa shape index (κ3) is 2.86. The van der Waals surface area contributed by atoms with Gasteiger partial charge in [0.1, 0.15) is 0 Å². The lowest BCUT2D eigenvalue weighted by atomic mass is 10.1. The molecule has 3 aromatic heterocycles. The van der Waals surface area contributed by atoms with Crippen LogP contribution < -0.4 is 4.90 Å². The molecule has 1 aliphatic rings. The van der Waals surface area contributed by atoms with E-state index in [1.54, 1.807) is 11.3 Å². The van der Waals surface area contributed by atoms with E-state index >= 15 is 0 Å². The van der Waals surface area contributed by atoms with Gasteiger partial charge in [-0.1, -0.05) is 5.16 Å². The quantitative estimate of drug-likeness (QED) is 0.702. The average molecular weight is 357 g/mol. The van der Waals surface area contributed by atoms with Crippen LogP contribution in [0.1, 0.15) is 27.4 Å². The van der Waals surface area contributed by atoms with E-state index < -0.39 is 0 Å². The maximum Gasteiger partial charge on any atom is 0.258 e. The zero-order chi connectivity index (χ0) is 17.6. The second-order valence-electron chi connectivity index (χ2n) is 6.31. The van der Waals surface area contributed by atoms with Crippen LogP contribution in [0.15, 0.2) is 16.0 Å². The lowest BCUT2D eigenvalue weighted by Gasteiger charge is -2.34. The van der Waals surface area contributed by atoms with E-state index in [2.05, 4.69) is 25.4 Å². The Bertz CT molecular complexity index is 940. The van der Waals surface area contributed by atoms with Crippen molar-refractivity contribution in [1.29, 1.82) is 0 Å². The second-order valence-corrected chi connectivity index (χ2v) is 7.15. The molecule has 4 heterocycles. The molecule has 0 N–H and O–H groups in total. The molecule has 0 saturated carbocycles. The smallest absolute Gasteiger partial charge is 0.258 e. The van der Waals surface area contributed by atoms with Gasteiger partial charge in [0, 0.05) is 37.3 Å². The SMILES string of the molecule is Cc1csc(N2CCN(C(=O)c3cc(C)nc4onc(C)c34)CC2)n1. The van der Waals surface area contributed by atoms with Crippen molar-refractivity contribution in [2.75, 3.05) is 31.1 Å². The molecule has 1 aliphatic heterocycles. The van der Waals surface area contributed by atoms with Crippen LogP contribution in [0.4, 0.5) is 5.13 Å². The number of hydrogen-bond donors (Lipinski definition) is 0. The molecular formula is C17H19N5O2S. The number of carbonyl (C=O) groups excluding carboxylic acids is 1. The van der Waals surface area contributed by atoms with Crippen molar-refractivity contribution in [1.82, 2.24) is 20.0 Å². The van der Waals surface area contributed by atoms with Crippen LogP contribution in [-0.4, -0.2) is 52.1 Å². The maximum atomic E-state index is 13.1. The van der Waals surface area contributed by atoms with Crippen LogP contribution in [0.3, 0.4) is 0 Å². The summed E-state index contributed by atoms with van der Waals surface area (Å²) >= 11 is 1.65. The minimum atomic E-state index is 0.0109. The molecular weight excluding hydrogens is 338 g/mol. The van der Waals surface area contributed by atoms with Gasteiger partial charge in [-0.3, -0.25) is 4.79 Å². The van der Waals surface area contributed by atoms with Gasteiger partial charge >= 0.3 is 0 Å². The van der Waals surface area contributed by atoms with E-state index in [-0.39, 0.29) is 5.91 Å². The molecule has 0 unspecified atom stereocenters. The van der Waals surface area contributed by atoms with Crippen molar-refractivity contribution >= 4 is 33.5 Å². The molecule has 7 nitrogen and oxygen atoms in total. The molecule has 4 rings (SSSR count). The van der Waals surface area contributed by atoms with Gasteiger partial charge in [0.05, 0.1) is 22.3 Å². The molecule has 1 amide bonds. The van der Waals surface area contributed by atoms with Crippen LogP contribution >= 0.6 is 11.3 Å². The lowest BCUT2D eigenvalue weighted by molar-refractivity contribution is 0.0748. The highest BCUT2D eigenvalue weighted by Crippen LogP contribution is 2.25. The van der Waals surface area contributed by atoms with Gasteiger partial charge in [0.2, 0.25) is 0 Å². The second kappa shape index (κ2) is 6.11. The predicted octanol–water partition coefficient (Wildman–Crippen LogP) is 2.57. The summed E-state index contributed by atoms with van der Waals surface area (Å²) in [5, 5.41) is 7.75. The molecule has 8 heteroatoms. The predicted molar refractivity (Wildman–Crippen MR) is 96.2 cm³/mol. The molecule has 0 spiro atoms. The zero-order valence-corrected chi connectivity index (χ0v) is 15.3. The van der Waals surface area contributed by atoms with Crippen molar-refractivity contribution in [2.45, 2.75) is 20.8 Å². The van der Waals surface area contributed by atoms with Crippen LogP contribution in [0, 0.1) is 20.8 Å². The number of thiazole rings is 1. The van der Waals surface area contributed by atoms with Crippen molar-refractivity contribution in [2.24, 2.45) is 0 Å². The van der Waals surface area contributed by atoms with Crippen molar-refractivity contribution in [3.8, 4) is 0 Å². The number of piperazine rings is 1. The van der Waals surface area contributed by atoms with Crippen molar-refractivity contribution < 1.29 is 9.32 Å². The summed E-state index contributed by atoms with van der Waals surface area (Å²) in [5.41, 5.74) is 3.54. The molecule has 130 valence electrons. The van der Waals surface area contributed by atoms with Gasteiger partial charge in [-0.2, -0.15) is 0 Å². The van der Waals surface area contributed by atoms with E-state index in [4.69, 9.17) is 4.52 Å². The normalized spacial score (nSPS) is 15.2. The number of fused-ring (bicyclic) bond motifs is 1. The van der Waals surface area contributed by atoms with E-state index in [9.17, 15) is 4.79 Å². The first kappa shape index (κ1) is 16.0. The summed E-state index contributed by atoms with van der Waals surface area (Å²) in [6, 6.07) is 1.82. The Balaban J connectivity index is 1.56. The van der Waals surface area contributed by atoms with Crippen LogP contribution in [-0.2, 0) is 0 Å². The summed E-state index contributed by atoms with van der Waals surface area (Å²) in [7, 11) is 0. The summed E-state index contributed by atoms with van der Waals surface area (Å²) in [4.78, 5) is 26.0. The Morgan fingerprint density at radius 3 is 2.56 bits per heavy atom. The van der Waals surface area contributed by atoms with Crippen molar-refractivity contribution in [3.63, 3.8) is 0 Å². The number of anilines is 1. The van der Waals surface area contributed by atoms with Crippen LogP contribution in [0.5, 0.6) is 0 Å². The number of aryl methyl sites for hydroxylation is 3. The summed E-state index contributed by atoms with van der Waals surface area (Å²) in [6.45, 7) is 8.61. The third-order valence-corrected chi connectivity index (χ3v) is 5.44. The van der Waals surface area contributed by atoms with E-state index in [1.807, 2.05) is 31.7 Å². The first-order valence-electron chi connectivity index (χ1n) is 8.23. The molecule has 0 atom stereocenters. The fourth-order valence-electron chi connectivity index (χ4n) is 3.14. The monoisotopic (exact) mass is 357 g/mol. The van der Waals surface area contributed by atoms with E-state index in [1.165, 1.54) is 0 Å². The topological polar surface area (TPSA) is 75.4 Å². The first-order valence-corrected chi connectivity index (χ1v) is 9.11. The lowest BCUT2D eigenvalue weighted by Crippen LogP contribution is -2.48. The Hall–Kier alpha value is -2.48.